The number of carbonyl (C=O) groups is 1. The van der Waals surface area contributed by atoms with E-state index in [1.165, 1.54) is 6.07 Å². The third-order valence-corrected chi connectivity index (χ3v) is 2.83. The van der Waals surface area contributed by atoms with Gasteiger partial charge in [0.2, 0.25) is 0 Å². The first-order valence-electron chi connectivity index (χ1n) is 6.02. The zero-order valence-electron chi connectivity index (χ0n) is 10.7. The number of rotatable bonds is 4. The molecule has 0 spiro atoms. The Labute approximate surface area is 109 Å². The highest BCUT2D eigenvalue weighted by molar-refractivity contribution is 5.95. The lowest BCUT2D eigenvalue weighted by molar-refractivity contribution is 0.0982. The first-order chi connectivity index (χ1) is 9.10. The van der Waals surface area contributed by atoms with Crippen LogP contribution in [0, 0.1) is 11.6 Å². The van der Waals surface area contributed by atoms with Gasteiger partial charge in [0.25, 0.3) is 0 Å². The van der Waals surface area contributed by atoms with E-state index in [1.807, 2.05) is 0 Å². The number of halogens is 2. The van der Waals surface area contributed by atoms with Gasteiger partial charge in [-0.3, -0.25) is 4.79 Å². The molecule has 0 unspecified atom stereocenters. The van der Waals surface area contributed by atoms with E-state index >= 15 is 0 Å². The van der Waals surface area contributed by atoms with Crippen LogP contribution in [0.3, 0.4) is 0 Å². The molecular weight excluding hydrogens is 252 g/mol. The van der Waals surface area contributed by atoms with Gasteiger partial charge >= 0.3 is 0 Å². The van der Waals surface area contributed by atoms with Crippen molar-refractivity contribution >= 4 is 5.78 Å². The van der Waals surface area contributed by atoms with Gasteiger partial charge in [0, 0.05) is 6.42 Å². The van der Waals surface area contributed by atoms with Crippen molar-refractivity contribution in [2.24, 2.45) is 0 Å². The van der Waals surface area contributed by atoms with Gasteiger partial charge in [-0.15, -0.1) is 5.10 Å². The van der Waals surface area contributed by atoms with Crippen LogP contribution in [0.2, 0.25) is 0 Å². The van der Waals surface area contributed by atoms with Gasteiger partial charge in [-0.1, -0.05) is 25.1 Å². The first kappa shape index (κ1) is 13.3. The fourth-order valence-electron chi connectivity index (χ4n) is 1.87. The minimum Gasteiger partial charge on any atom is -0.292 e. The van der Waals surface area contributed by atoms with Crippen molar-refractivity contribution in [1.29, 1.82) is 0 Å². The van der Waals surface area contributed by atoms with Crippen LogP contribution in [0.15, 0.2) is 18.2 Å². The third-order valence-electron chi connectivity index (χ3n) is 2.83. The summed E-state index contributed by atoms with van der Waals surface area (Å²) in [5.74, 6) is -1.68. The highest BCUT2D eigenvalue weighted by Crippen LogP contribution is 2.20. The molecule has 100 valence electrons. The van der Waals surface area contributed by atoms with E-state index in [0.717, 1.165) is 16.8 Å². The van der Waals surface area contributed by atoms with Crippen molar-refractivity contribution in [3.63, 3.8) is 0 Å². The molecule has 0 bridgehead atoms. The summed E-state index contributed by atoms with van der Waals surface area (Å²) < 4.78 is 28.5. The number of para-hydroxylation sites is 1. The van der Waals surface area contributed by atoms with Crippen molar-refractivity contribution in [3.8, 4) is 5.69 Å². The Morgan fingerprint density at radius 1 is 1.26 bits per heavy atom. The average Bonchev–Trinajstić information content (AvgIpc) is 2.81. The van der Waals surface area contributed by atoms with Gasteiger partial charge in [0.15, 0.2) is 23.1 Å². The molecule has 2 rings (SSSR count). The molecule has 0 saturated carbocycles. The van der Waals surface area contributed by atoms with Crippen molar-refractivity contribution in [2.45, 2.75) is 26.7 Å². The van der Waals surface area contributed by atoms with Crippen LogP contribution < -0.4 is 0 Å². The quantitative estimate of drug-likeness (QED) is 0.798. The van der Waals surface area contributed by atoms with Crippen molar-refractivity contribution in [2.75, 3.05) is 0 Å². The van der Waals surface area contributed by atoms with E-state index in [-0.39, 0.29) is 23.6 Å². The molecule has 0 fully saturated rings. The second-order valence-corrected chi connectivity index (χ2v) is 4.00. The van der Waals surface area contributed by atoms with Gasteiger partial charge in [-0.05, 0) is 18.6 Å². The zero-order valence-corrected chi connectivity index (χ0v) is 10.7. The number of ketones is 1. The molecule has 4 nitrogen and oxygen atoms in total. The van der Waals surface area contributed by atoms with Crippen LogP contribution in [0.4, 0.5) is 8.78 Å². The second-order valence-electron chi connectivity index (χ2n) is 4.00. The fraction of sp³-hybridized carbons (Fsp3) is 0.308. The van der Waals surface area contributed by atoms with E-state index in [0.29, 0.717) is 12.1 Å². The highest BCUT2D eigenvalue weighted by Gasteiger charge is 2.21. The summed E-state index contributed by atoms with van der Waals surface area (Å²) in [5.41, 5.74) is 0.283. The second kappa shape index (κ2) is 5.26. The van der Waals surface area contributed by atoms with E-state index in [4.69, 9.17) is 0 Å². The van der Waals surface area contributed by atoms with Gasteiger partial charge in [0.1, 0.15) is 5.69 Å². The predicted octanol–water partition coefficient (Wildman–Crippen LogP) is 2.70. The SMILES string of the molecule is CCC(=O)c1nnn(-c2c(F)cccc2F)c1CC. The van der Waals surface area contributed by atoms with Crippen molar-refractivity contribution < 1.29 is 13.6 Å². The van der Waals surface area contributed by atoms with E-state index in [9.17, 15) is 13.6 Å². The maximum atomic E-state index is 13.7. The largest absolute Gasteiger partial charge is 0.292 e. The number of hydrogen-bond acceptors (Lipinski definition) is 3. The molecule has 1 heterocycles. The molecular formula is C13H13F2N3O. The van der Waals surface area contributed by atoms with E-state index < -0.39 is 11.6 Å². The van der Waals surface area contributed by atoms with Gasteiger partial charge in [0.05, 0.1) is 5.69 Å². The van der Waals surface area contributed by atoms with Crippen LogP contribution in [-0.2, 0) is 6.42 Å². The van der Waals surface area contributed by atoms with Crippen LogP contribution in [-0.4, -0.2) is 20.8 Å². The molecule has 0 aliphatic carbocycles. The Kier molecular flexibility index (Phi) is 3.69. The minimum absolute atomic E-state index is 0.174. The molecule has 0 atom stereocenters. The average molecular weight is 265 g/mol. The molecule has 0 N–H and O–H groups in total. The molecule has 2 aromatic rings. The smallest absolute Gasteiger partial charge is 0.184 e. The van der Waals surface area contributed by atoms with Crippen LogP contribution in [0.25, 0.3) is 5.69 Å². The number of nitrogens with zero attached hydrogens (tertiary/aromatic N) is 3. The molecule has 0 amide bonds. The molecule has 6 heteroatoms. The number of aromatic nitrogens is 3. The van der Waals surface area contributed by atoms with Gasteiger partial charge < -0.3 is 0 Å². The van der Waals surface area contributed by atoms with Crippen molar-refractivity contribution in [1.82, 2.24) is 15.0 Å². The molecule has 0 radical (unpaired) electrons. The number of Topliss-reactive ketones (excluding diaryl/α,β-unsaturated/α-hetero) is 1. The zero-order chi connectivity index (χ0) is 14.0. The predicted molar refractivity (Wildman–Crippen MR) is 65.3 cm³/mol. The van der Waals surface area contributed by atoms with E-state index in [2.05, 4.69) is 10.3 Å². The highest BCUT2D eigenvalue weighted by atomic mass is 19.1. The maximum absolute atomic E-state index is 13.7. The normalized spacial score (nSPS) is 10.7. The Morgan fingerprint density at radius 3 is 2.42 bits per heavy atom. The summed E-state index contributed by atoms with van der Waals surface area (Å²) in [7, 11) is 0. The number of carbonyl (C=O) groups excluding carboxylic acids is 1. The van der Waals surface area contributed by atoms with Crippen LogP contribution in [0.5, 0.6) is 0 Å². The van der Waals surface area contributed by atoms with Gasteiger partial charge in [-0.2, -0.15) is 0 Å². The lowest BCUT2D eigenvalue weighted by Crippen LogP contribution is -2.09. The Hall–Kier alpha value is -2.11. The van der Waals surface area contributed by atoms with Crippen LogP contribution >= 0.6 is 0 Å². The standard InChI is InChI=1S/C13H13F2N3O/c1-3-10-12(11(19)4-2)16-17-18(10)13-8(14)6-5-7-9(13)15/h5-7H,3-4H2,1-2H3. The summed E-state index contributed by atoms with van der Waals surface area (Å²) in [6, 6.07) is 3.55. The molecule has 1 aromatic carbocycles. The number of hydrogen-bond donors (Lipinski definition) is 0. The molecule has 1 aromatic heterocycles. The Balaban J connectivity index is 2.64. The third kappa shape index (κ3) is 2.25. The molecule has 19 heavy (non-hydrogen) atoms. The first-order valence-corrected chi connectivity index (χ1v) is 6.02. The van der Waals surface area contributed by atoms with E-state index in [1.54, 1.807) is 13.8 Å². The summed E-state index contributed by atoms with van der Waals surface area (Å²) in [6.07, 6.45) is 0.674. The minimum atomic E-state index is -0.741. The van der Waals surface area contributed by atoms with Gasteiger partial charge in [-0.25, -0.2) is 13.5 Å². The summed E-state index contributed by atoms with van der Waals surface area (Å²) in [4.78, 5) is 11.7. The van der Waals surface area contributed by atoms with Crippen molar-refractivity contribution in [3.05, 3.63) is 41.2 Å². The Bertz CT molecular complexity index is 602. The fourth-order valence-corrected chi connectivity index (χ4v) is 1.87. The summed E-state index contributed by atoms with van der Waals surface area (Å²) >= 11 is 0. The number of benzene rings is 1. The Morgan fingerprint density at radius 2 is 1.89 bits per heavy atom. The lowest BCUT2D eigenvalue weighted by Gasteiger charge is -2.07. The molecule has 0 aliphatic heterocycles. The summed E-state index contributed by atoms with van der Waals surface area (Å²) in [6.45, 7) is 3.48. The summed E-state index contributed by atoms with van der Waals surface area (Å²) in [5, 5.41) is 7.46. The lowest BCUT2D eigenvalue weighted by atomic mass is 10.1. The molecule has 0 aliphatic rings. The monoisotopic (exact) mass is 265 g/mol. The molecule has 0 saturated heterocycles. The van der Waals surface area contributed by atoms with Crippen LogP contribution in [0.1, 0.15) is 36.5 Å². The maximum Gasteiger partial charge on any atom is 0.184 e. The topological polar surface area (TPSA) is 47.8 Å².